The molecule has 1 amide bonds. The van der Waals surface area contributed by atoms with Crippen LogP contribution in [0, 0.1) is 5.82 Å². The zero-order valence-electron chi connectivity index (χ0n) is 18.9. The van der Waals surface area contributed by atoms with E-state index in [1.807, 2.05) is 91.0 Å². The van der Waals surface area contributed by atoms with E-state index in [-0.39, 0.29) is 30.0 Å². The molecule has 0 radical (unpaired) electrons. The van der Waals surface area contributed by atoms with E-state index in [4.69, 9.17) is 16.3 Å². The van der Waals surface area contributed by atoms with E-state index in [1.54, 1.807) is 0 Å². The van der Waals surface area contributed by atoms with Gasteiger partial charge in [-0.05, 0) is 34.7 Å². The highest BCUT2D eigenvalue weighted by Crippen LogP contribution is 2.41. The van der Waals surface area contributed by atoms with Crippen molar-refractivity contribution in [1.82, 2.24) is 9.97 Å². The van der Waals surface area contributed by atoms with Crippen LogP contribution >= 0.6 is 11.6 Å². The highest BCUT2D eigenvalue weighted by atomic mass is 35.5. The molecule has 5 rings (SSSR count). The SMILES string of the molecule is O=C1CCC(COC(c2ccccc2)(c2ccccc2)c2ccccc2)N1c1nc(Cl)ncc1F. The predicted molar refractivity (Wildman–Crippen MR) is 133 cm³/mol. The fourth-order valence-electron chi connectivity index (χ4n) is 4.69. The van der Waals surface area contributed by atoms with Gasteiger partial charge in [-0.3, -0.25) is 9.69 Å². The molecule has 0 bridgehead atoms. The average Bonchev–Trinajstić information content (AvgIpc) is 3.28. The first-order chi connectivity index (χ1) is 17.1. The van der Waals surface area contributed by atoms with Crippen LogP contribution in [0.2, 0.25) is 5.28 Å². The Labute approximate surface area is 208 Å². The molecule has 3 aromatic carbocycles. The molecule has 0 saturated carbocycles. The number of aromatic nitrogens is 2. The smallest absolute Gasteiger partial charge is 0.228 e. The largest absolute Gasteiger partial charge is 0.359 e. The van der Waals surface area contributed by atoms with Gasteiger partial charge in [0.25, 0.3) is 0 Å². The van der Waals surface area contributed by atoms with Gasteiger partial charge in [-0.15, -0.1) is 0 Å². The van der Waals surface area contributed by atoms with Crippen molar-refractivity contribution >= 4 is 23.3 Å². The predicted octanol–water partition coefficient (Wildman–Crippen LogP) is 5.77. The summed E-state index contributed by atoms with van der Waals surface area (Å²) in [4.78, 5) is 21.8. The molecule has 0 N–H and O–H groups in total. The van der Waals surface area contributed by atoms with Gasteiger partial charge in [0.2, 0.25) is 11.2 Å². The fourth-order valence-corrected chi connectivity index (χ4v) is 4.82. The minimum Gasteiger partial charge on any atom is -0.359 e. The van der Waals surface area contributed by atoms with Crippen molar-refractivity contribution < 1.29 is 13.9 Å². The van der Waals surface area contributed by atoms with Crippen LogP contribution in [0.5, 0.6) is 0 Å². The summed E-state index contributed by atoms with van der Waals surface area (Å²) >= 11 is 5.92. The average molecular weight is 488 g/mol. The number of hydrogen-bond acceptors (Lipinski definition) is 4. The summed E-state index contributed by atoms with van der Waals surface area (Å²) in [6.45, 7) is 0.158. The first-order valence-electron chi connectivity index (χ1n) is 11.4. The molecule has 35 heavy (non-hydrogen) atoms. The van der Waals surface area contributed by atoms with Gasteiger partial charge >= 0.3 is 0 Å². The van der Waals surface area contributed by atoms with Gasteiger partial charge in [-0.25, -0.2) is 9.37 Å². The number of rotatable bonds is 7. The third-order valence-electron chi connectivity index (χ3n) is 6.28. The van der Waals surface area contributed by atoms with Gasteiger partial charge in [0, 0.05) is 6.42 Å². The Kier molecular flexibility index (Phi) is 6.57. The summed E-state index contributed by atoms with van der Waals surface area (Å²) in [5, 5.41) is -0.118. The summed E-state index contributed by atoms with van der Waals surface area (Å²) < 4.78 is 21.5. The number of nitrogens with zero attached hydrogens (tertiary/aromatic N) is 3. The highest BCUT2D eigenvalue weighted by Gasteiger charge is 2.41. The lowest BCUT2D eigenvalue weighted by molar-refractivity contribution is -0.117. The number of hydrogen-bond donors (Lipinski definition) is 0. The quantitative estimate of drug-likeness (QED) is 0.245. The molecule has 0 aliphatic carbocycles. The zero-order chi connectivity index (χ0) is 24.3. The molecule has 7 heteroatoms. The van der Waals surface area contributed by atoms with Gasteiger partial charge in [0.15, 0.2) is 11.6 Å². The van der Waals surface area contributed by atoms with Crippen LogP contribution in [-0.4, -0.2) is 28.5 Å². The summed E-state index contributed by atoms with van der Waals surface area (Å²) in [6, 6.07) is 29.5. The lowest BCUT2D eigenvalue weighted by Gasteiger charge is -2.37. The van der Waals surface area contributed by atoms with Crippen molar-refractivity contribution in [2.24, 2.45) is 0 Å². The zero-order valence-corrected chi connectivity index (χ0v) is 19.6. The monoisotopic (exact) mass is 487 g/mol. The number of carbonyl (C=O) groups excluding carboxylic acids is 1. The third-order valence-corrected chi connectivity index (χ3v) is 6.46. The molecule has 176 valence electrons. The summed E-state index contributed by atoms with van der Waals surface area (Å²) in [5.41, 5.74) is 1.90. The number of carbonyl (C=O) groups is 1. The maximum absolute atomic E-state index is 14.6. The first kappa shape index (κ1) is 23.1. The van der Waals surface area contributed by atoms with Crippen LogP contribution in [0.3, 0.4) is 0 Å². The topological polar surface area (TPSA) is 55.3 Å². The maximum atomic E-state index is 14.6. The molecule has 1 unspecified atom stereocenters. The van der Waals surface area contributed by atoms with E-state index in [0.29, 0.717) is 6.42 Å². The van der Waals surface area contributed by atoms with E-state index >= 15 is 0 Å². The van der Waals surface area contributed by atoms with Gasteiger partial charge in [-0.2, -0.15) is 4.98 Å². The molecule has 1 fully saturated rings. The van der Waals surface area contributed by atoms with Crippen LogP contribution in [0.1, 0.15) is 29.5 Å². The molecule has 1 aromatic heterocycles. The Bertz CT molecular complexity index is 1210. The number of anilines is 1. The van der Waals surface area contributed by atoms with E-state index < -0.39 is 17.5 Å². The van der Waals surface area contributed by atoms with Gasteiger partial charge in [0.05, 0.1) is 18.8 Å². The van der Waals surface area contributed by atoms with Gasteiger partial charge < -0.3 is 4.74 Å². The van der Waals surface area contributed by atoms with Crippen molar-refractivity contribution in [1.29, 1.82) is 0 Å². The van der Waals surface area contributed by atoms with Crippen LogP contribution in [0.25, 0.3) is 0 Å². The third kappa shape index (κ3) is 4.43. The van der Waals surface area contributed by atoms with Crippen molar-refractivity contribution in [3.63, 3.8) is 0 Å². The van der Waals surface area contributed by atoms with Crippen molar-refractivity contribution in [2.75, 3.05) is 11.5 Å². The van der Waals surface area contributed by atoms with Crippen LogP contribution in [-0.2, 0) is 15.1 Å². The fraction of sp³-hybridized carbons (Fsp3) is 0.179. The Balaban J connectivity index is 1.58. The lowest BCUT2D eigenvalue weighted by Crippen LogP contribution is -2.41. The minimum absolute atomic E-state index is 0.118. The van der Waals surface area contributed by atoms with E-state index in [1.165, 1.54) is 4.90 Å². The molecule has 0 spiro atoms. The minimum atomic E-state index is -0.942. The second-order valence-corrected chi connectivity index (χ2v) is 8.70. The number of halogens is 2. The molecule has 2 heterocycles. The summed E-state index contributed by atoms with van der Waals surface area (Å²) in [5.74, 6) is -1.04. The Morgan fingerprint density at radius 2 is 1.43 bits per heavy atom. The van der Waals surface area contributed by atoms with Crippen LogP contribution < -0.4 is 4.90 Å². The number of ether oxygens (including phenoxy) is 1. The van der Waals surface area contributed by atoms with E-state index in [2.05, 4.69) is 9.97 Å². The number of benzene rings is 3. The molecule has 1 atom stereocenters. The summed E-state index contributed by atoms with van der Waals surface area (Å²) in [7, 11) is 0. The normalized spacial score (nSPS) is 16.0. The molecular formula is C28H23ClFN3O2. The standard InChI is InChI=1S/C28H23ClFN3O2/c29-27-31-18-24(30)26(32-27)33-23(16-17-25(33)34)19-35-28(20-10-4-1-5-11-20,21-12-6-2-7-13-21)22-14-8-3-9-15-22/h1-15,18,23H,16-17,19H2. The molecule has 5 nitrogen and oxygen atoms in total. The van der Waals surface area contributed by atoms with Gasteiger partial charge in [-0.1, -0.05) is 91.0 Å². The Morgan fingerprint density at radius 3 is 1.94 bits per heavy atom. The van der Waals surface area contributed by atoms with Crippen molar-refractivity contribution in [3.8, 4) is 0 Å². The first-order valence-corrected chi connectivity index (χ1v) is 11.8. The summed E-state index contributed by atoms with van der Waals surface area (Å²) in [6.07, 6.45) is 1.76. The molecule has 1 aliphatic rings. The Morgan fingerprint density at radius 1 is 0.914 bits per heavy atom. The maximum Gasteiger partial charge on any atom is 0.228 e. The highest BCUT2D eigenvalue weighted by molar-refractivity contribution is 6.28. The second-order valence-electron chi connectivity index (χ2n) is 8.36. The van der Waals surface area contributed by atoms with Crippen LogP contribution in [0.15, 0.2) is 97.2 Å². The van der Waals surface area contributed by atoms with E-state index in [0.717, 1.165) is 22.9 Å². The molecule has 4 aromatic rings. The molecule has 1 aliphatic heterocycles. The van der Waals surface area contributed by atoms with Crippen LogP contribution in [0.4, 0.5) is 10.2 Å². The molecular weight excluding hydrogens is 465 g/mol. The lowest BCUT2D eigenvalue weighted by atomic mass is 9.80. The van der Waals surface area contributed by atoms with Crippen molar-refractivity contribution in [3.05, 3.63) is 125 Å². The number of amides is 1. The van der Waals surface area contributed by atoms with Crippen molar-refractivity contribution in [2.45, 2.75) is 24.5 Å². The van der Waals surface area contributed by atoms with E-state index in [9.17, 15) is 9.18 Å². The Hall–Kier alpha value is -3.61. The molecule has 1 saturated heterocycles. The second kappa shape index (κ2) is 9.94. The van der Waals surface area contributed by atoms with Gasteiger partial charge in [0.1, 0.15) is 5.60 Å².